The number of aromatic nitrogens is 5. The molecular weight excluding hydrogens is 409 g/mol. The maximum Gasteiger partial charge on any atom is 0.353 e. The lowest BCUT2D eigenvalue weighted by Crippen LogP contribution is -2.33. The lowest BCUT2D eigenvalue weighted by atomic mass is 9.99. The maximum atomic E-state index is 13.6. The Labute approximate surface area is 183 Å². The van der Waals surface area contributed by atoms with Crippen molar-refractivity contribution >= 4 is 11.6 Å². The van der Waals surface area contributed by atoms with Gasteiger partial charge in [-0.1, -0.05) is 30.3 Å². The van der Waals surface area contributed by atoms with Crippen LogP contribution in [0.25, 0.3) is 28.0 Å². The first-order valence-electron chi connectivity index (χ1n) is 10.6. The minimum atomic E-state index is -0.914. The highest BCUT2D eigenvalue weighted by molar-refractivity contribution is 5.90. The van der Waals surface area contributed by atoms with E-state index in [0.29, 0.717) is 23.3 Å². The van der Waals surface area contributed by atoms with Crippen LogP contribution in [-0.4, -0.2) is 42.9 Å². The number of nitrogen functional groups attached to an aromatic ring is 1. The maximum absolute atomic E-state index is 13.6. The fourth-order valence-corrected chi connectivity index (χ4v) is 4.39. The molecule has 1 aromatic carbocycles. The van der Waals surface area contributed by atoms with Crippen molar-refractivity contribution in [3.63, 3.8) is 0 Å². The summed E-state index contributed by atoms with van der Waals surface area (Å²) in [7, 11) is 0. The summed E-state index contributed by atoms with van der Waals surface area (Å²) in [5, 5.41) is 7.75. The van der Waals surface area contributed by atoms with E-state index >= 15 is 0 Å². The SMILES string of the molecule is Cc1cc(-c2c(-c3ccccc3)nc(N)n3c(=O)n(C[C@@H]4C[C@H](F)CN4)nc23)cc(C)n1. The van der Waals surface area contributed by atoms with Gasteiger partial charge in [0.15, 0.2) is 5.65 Å². The third kappa shape index (κ3) is 3.54. The van der Waals surface area contributed by atoms with Crippen molar-refractivity contribution in [1.29, 1.82) is 0 Å². The van der Waals surface area contributed by atoms with Crippen LogP contribution >= 0.6 is 0 Å². The average Bonchev–Trinajstić information content (AvgIpc) is 3.31. The van der Waals surface area contributed by atoms with Crippen LogP contribution in [0.15, 0.2) is 47.3 Å². The summed E-state index contributed by atoms with van der Waals surface area (Å²) in [6.07, 6.45) is -0.568. The number of pyridine rings is 1. The molecule has 0 spiro atoms. The topological polar surface area (TPSA) is 103 Å². The minimum absolute atomic E-state index is 0.0594. The first kappa shape index (κ1) is 20.3. The summed E-state index contributed by atoms with van der Waals surface area (Å²) < 4.78 is 16.3. The number of nitrogens with one attached hydrogen (secondary N) is 1. The number of alkyl halides is 1. The van der Waals surface area contributed by atoms with Gasteiger partial charge in [-0.25, -0.2) is 23.3 Å². The second-order valence-corrected chi connectivity index (χ2v) is 8.26. The molecule has 0 aliphatic carbocycles. The molecule has 0 amide bonds. The summed E-state index contributed by atoms with van der Waals surface area (Å²) in [6, 6.07) is 13.4. The van der Waals surface area contributed by atoms with Gasteiger partial charge in [0, 0.05) is 29.5 Å². The Hall–Kier alpha value is -3.59. The quantitative estimate of drug-likeness (QED) is 0.513. The predicted molar refractivity (Wildman–Crippen MR) is 121 cm³/mol. The lowest BCUT2D eigenvalue weighted by molar-refractivity contribution is 0.349. The number of nitrogens with zero attached hydrogens (tertiary/aromatic N) is 5. The number of benzene rings is 1. The molecule has 5 rings (SSSR count). The first-order valence-corrected chi connectivity index (χ1v) is 10.6. The van der Waals surface area contributed by atoms with E-state index in [-0.39, 0.29) is 25.1 Å². The van der Waals surface area contributed by atoms with Crippen molar-refractivity contribution in [2.45, 2.75) is 39.0 Å². The molecule has 4 heterocycles. The summed E-state index contributed by atoms with van der Waals surface area (Å²) in [6.45, 7) is 4.39. The molecular formula is C23H24FN7O. The third-order valence-electron chi connectivity index (χ3n) is 5.73. The van der Waals surface area contributed by atoms with Gasteiger partial charge in [-0.05, 0) is 38.0 Å². The highest BCUT2D eigenvalue weighted by atomic mass is 19.1. The zero-order chi connectivity index (χ0) is 22.4. The van der Waals surface area contributed by atoms with E-state index in [1.807, 2.05) is 56.3 Å². The third-order valence-corrected chi connectivity index (χ3v) is 5.73. The Morgan fingerprint density at radius 2 is 1.84 bits per heavy atom. The van der Waals surface area contributed by atoms with Crippen LogP contribution in [0.2, 0.25) is 0 Å². The first-order chi connectivity index (χ1) is 15.4. The van der Waals surface area contributed by atoms with Gasteiger partial charge in [-0.2, -0.15) is 0 Å². The number of anilines is 1. The second kappa shape index (κ2) is 7.83. The summed E-state index contributed by atoms with van der Waals surface area (Å²) >= 11 is 0. The van der Waals surface area contributed by atoms with E-state index in [4.69, 9.17) is 5.73 Å². The molecule has 1 saturated heterocycles. The number of aryl methyl sites for hydroxylation is 2. The number of rotatable bonds is 4. The Morgan fingerprint density at radius 1 is 1.12 bits per heavy atom. The zero-order valence-corrected chi connectivity index (χ0v) is 17.9. The van der Waals surface area contributed by atoms with Crippen molar-refractivity contribution in [3.8, 4) is 22.4 Å². The van der Waals surface area contributed by atoms with Gasteiger partial charge in [0.1, 0.15) is 6.17 Å². The van der Waals surface area contributed by atoms with Crippen molar-refractivity contribution in [1.82, 2.24) is 29.5 Å². The van der Waals surface area contributed by atoms with E-state index in [1.54, 1.807) is 0 Å². The molecule has 32 heavy (non-hydrogen) atoms. The molecule has 9 heteroatoms. The van der Waals surface area contributed by atoms with Crippen LogP contribution in [0.3, 0.4) is 0 Å². The minimum Gasteiger partial charge on any atom is -0.369 e. The molecule has 1 aliphatic heterocycles. The molecule has 4 aromatic rings. The van der Waals surface area contributed by atoms with Crippen LogP contribution in [0.4, 0.5) is 10.3 Å². The Kier molecular flexibility index (Phi) is 4.97. The fourth-order valence-electron chi connectivity index (χ4n) is 4.39. The molecule has 8 nitrogen and oxygen atoms in total. The molecule has 2 atom stereocenters. The van der Waals surface area contributed by atoms with Gasteiger partial charge in [-0.15, -0.1) is 5.10 Å². The van der Waals surface area contributed by atoms with Crippen LogP contribution in [0.5, 0.6) is 0 Å². The standard InChI is InChI=1S/C23H24FN7O/c1-13-8-16(9-14(2)27-13)19-20(15-6-4-3-5-7-15)28-22(25)31-21(19)29-30(23(31)32)12-18-10-17(24)11-26-18/h3-9,17-18,26H,10-12H2,1-2H3,(H2,25,28)/t17-,18-/m0/s1. The predicted octanol–water partition coefficient (Wildman–Crippen LogP) is 2.52. The fraction of sp³-hybridized carbons (Fsp3) is 0.304. The van der Waals surface area contributed by atoms with Gasteiger partial charge in [0.25, 0.3) is 0 Å². The molecule has 164 valence electrons. The van der Waals surface area contributed by atoms with Gasteiger partial charge < -0.3 is 11.1 Å². The van der Waals surface area contributed by atoms with Crippen molar-refractivity contribution < 1.29 is 4.39 Å². The van der Waals surface area contributed by atoms with Gasteiger partial charge in [0.05, 0.1) is 17.8 Å². The van der Waals surface area contributed by atoms with E-state index in [1.165, 1.54) is 9.08 Å². The smallest absolute Gasteiger partial charge is 0.353 e. The summed E-state index contributed by atoms with van der Waals surface area (Å²) in [5.74, 6) is 0.0594. The molecule has 0 unspecified atom stereocenters. The number of nitrogens with two attached hydrogens (primary N) is 1. The summed E-state index contributed by atoms with van der Waals surface area (Å²) in [4.78, 5) is 22.3. The van der Waals surface area contributed by atoms with Gasteiger partial charge in [-0.3, -0.25) is 4.98 Å². The highest BCUT2D eigenvalue weighted by Gasteiger charge is 2.27. The summed E-state index contributed by atoms with van der Waals surface area (Å²) in [5.41, 5.74) is 11.0. The van der Waals surface area contributed by atoms with Crippen LogP contribution in [0, 0.1) is 13.8 Å². The largest absolute Gasteiger partial charge is 0.369 e. The number of halogens is 1. The monoisotopic (exact) mass is 433 g/mol. The Morgan fingerprint density at radius 3 is 2.50 bits per heavy atom. The van der Waals surface area contributed by atoms with E-state index in [0.717, 1.165) is 22.5 Å². The van der Waals surface area contributed by atoms with Crippen LogP contribution < -0.4 is 16.7 Å². The van der Waals surface area contributed by atoms with Crippen molar-refractivity contribution in [2.75, 3.05) is 12.3 Å². The molecule has 0 saturated carbocycles. The van der Waals surface area contributed by atoms with Crippen LogP contribution in [-0.2, 0) is 6.54 Å². The second-order valence-electron chi connectivity index (χ2n) is 8.26. The van der Waals surface area contributed by atoms with Gasteiger partial charge >= 0.3 is 5.69 Å². The Balaban J connectivity index is 1.78. The van der Waals surface area contributed by atoms with Crippen molar-refractivity contribution in [3.05, 3.63) is 64.3 Å². The number of hydrogen-bond acceptors (Lipinski definition) is 6. The molecule has 3 aromatic heterocycles. The molecule has 0 bridgehead atoms. The van der Waals surface area contributed by atoms with Gasteiger partial charge in [0.2, 0.25) is 5.95 Å². The van der Waals surface area contributed by atoms with E-state index < -0.39 is 11.9 Å². The molecule has 1 aliphatic rings. The number of hydrogen-bond donors (Lipinski definition) is 2. The molecule has 3 N–H and O–H groups in total. The van der Waals surface area contributed by atoms with Crippen LogP contribution in [0.1, 0.15) is 17.8 Å². The number of fused-ring (bicyclic) bond motifs is 1. The molecule has 0 radical (unpaired) electrons. The lowest BCUT2D eigenvalue weighted by Gasteiger charge is -2.13. The zero-order valence-electron chi connectivity index (χ0n) is 17.9. The van der Waals surface area contributed by atoms with E-state index in [2.05, 4.69) is 20.4 Å². The van der Waals surface area contributed by atoms with Crippen molar-refractivity contribution in [2.24, 2.45) is 0 Å². The average molecular weight is 433 g/mol. The molecule has 1 fully saturated rings. The van der Waals surface area contributed by atoms with E-state index in [9.17, 15) is 9.18 Å². The Bertz CT molecular complexity index is 1340. The highest BCUT2D eigenvalue weighted by Crippen LogP contribution is 2.34. The normalized spacial score (nSPS) is 18.5.